The third kappa shape index (κ3) is 4.15. The predicted octanol–water partition coefficient (Wildman–Crippen LogP) is 6.56. The minimum atomic E-state index is -4.00. The van der Waals surface area contributed by atoms with E-state index in [4.69, 9.17) is 8.92 Å². The number of hydrogen-bond acceptors (Lipinski definition) is 4. The molecule has 0 aliphatic carbocycles. The summed E-state index contributed by atoms with van der Waals surface area (Å²) in [5, 5.41) is 5.23. The van der Waals surface area contributed by atoms with Crippen molar-refractivity contribution in [1.29, 1.82) is 0 Å². The monoisotopic (exact) mass is 492 g/mol. The van der Waals surface area contributed by atoms with Gasteiger partial charge < -0.3 is 4.74 Å². The molecule has 4 rings (SSSR count). The predicted molar refractivity (Wildman–Crippen MR) is 145 cm³/mol. The summed E-state index contributed by atoms with van der Waals surface area (Å²) in [6.07, 6.45) is 0. The smallest absolute Gasteiger partial charge is 0.297 e. The number of ether oxygens (including phenoxy) is 1. The second-order valence-electron chi connectivity index (χ2n) is 9.77. The number of methoxy groups -OCH3 is 1. The van der Waals surface area contributed by atoms with E-state index in [2.05, 4.69) is 43.9 Å². The van der Waals surface area contributed by atoms with E-state index in [1.54, 1.807) is 14.0 Å². The van der Waals surface area contributed by atoms with Crippen LogP contribution in [0.4, 0.5) is 0 Å². The standard InChI is InChI=1S/C28H32O4SSi/c1-8-32-33(29,30)28-19(3)16-20-11-9-10-12-23(20)26(28)25-24-14-13-22(34(5,6)7)17-21(24)15-18(2)27(25)31-4/h9-17H,8H2,1-7H3. The molecule has 0 fully saturated rings. The lowest BCUT2D eigenvalue weighted by Crippen LogP contribution is -2.37. The molecule has 0 aliphatic heterocycles. The molecule has 0 saturated carbocycles. The van der Waals surface area contributed by atoms with Gasteiger partial charge in [-0.2, -0.15) is 8.42 Å². The van der Waals surface area contributed by atoms with Crippen LogP contribution in [-0.2, 0) is 14.3 Å². The Morgan fingerprint density at radius 1 is 0.824 bits per heavy atom. The Morgan fingerprint density at radius 3 is 2.12 bits per heavy atom. The minimum absolute atomic E-state index is 0.0688. The summed E-state index contributed by atoms with van der Waals surface area (Å²) < 4.78 is 38.1. The molecule has 0 atom stereocenters. The maximum Gasteiger partial charge on any atom is 0.297 e. The van der Waals surface area contributed by atoms with Gasteiger partial charge >= 0.3 is 0 Å². The molecular formula is C28H32O4SSi. The first-order chi connectivity index (χ1) is 16.0. The molecule has 0 bridgehead atoms. The fourth-order valence-corrected chi connectivity index (χ4v) is 7.27. The number of benzene rings is 4. The van der Waals surface area contributed by atoms with E-state index in [-0.39, 0.29) is 11.5 Å². The van der Waals surface area contributed by atoms with Gasteiger partial charge in [0.1, 0.15) is 10.6 Å². The molecule has 0 aromatic heterocycles. The highest BCUT2D eigenvalue weighted by molar-refractivity contribution is 7.87. The molecule has 4 aromatic carbocycles. The topological polar surface area (TPSA) is 52.6 Å². The van der Waals surface area contributed by atoms with Gasteiger partial charge in [-0.1, -0.05) is 73.4 Å². The Kier molecular flexibility index (Phi) is 6.36. The summed E-state index contributed by atoms with van der Waals surface area (Å²) in [4.78, 5) is 0.201. The summed E-state index contributed by atoms with van der Waals surface area (Å²) in [5.41, 5.74) is 3.04. The molecule has 4 aromatic rings. The maximum atomic E-state index is 13.4. The fourth-order valence-electron chi connectivity index (χ4n) is 4.76. The normalized spacial score (nSPS) is 12.4. The van der Waals surface area contributed by atoms with E-state index < -0.39 is 18.2 Å². The van der Waals surface area contributed by atoms with E-state index in [9.17, 15) is 8.42 Å². The Hall–Kier alpha value is -2.67. The summed E-state index contributed by atoms with van der Waals surface area (Å²) in [7, 11) is -3.89. The minimum Gasteiger partial charge on any atom is -0.496 e. The van der Waals surface area contributed by atoms with Crippen molar-refractivity contribution < 1.29 is 17.3 Å². The molecule has 0 amide bonds. The summed E-state index contributed by atoms with van der Waals surface area (Å²) in [6, 6.07) is 18.5. The molecule has 178 valence electrons. The highest BCUT2D eigenvalue weighted by Crippen LogP contribution is 2.46. The van der Waals surface area contributed by atoms with E-state index in [0.29, 0.717) is 16.9 Å². The van der Waals surface area contributed by atoms with E-state index in [0.717, 1.165) is 32.7 Å². The van der Waals surface area contributed by atoms with E-state index in [1.165, 1.54) is 5.19 Å². The number of rotatable bonds is 6. The Balaban J connectivity index is 2.26. The molecule has 0 aliphatic rings. The van der Waals surface area contributed by atoms with Crippen molar-refractivity contribution in [3.63, 3.8) is 0 Å². The second kappa shape index (κ2) is 8.84. The Morgan fingerprint density at radius 2 is 1.47 bits per heavy atom. The number of hydrogen-bond donors (Lipinski definition) is 0. The van der Waals surface area contributed by atoms with Crippen molar-refractivity contribution >= 4 is 44.9 Å². The molecular weight excluding hydrogens is 460 g/mol. The lowest BCUT2D eigenvalue weighted by molar-refractivity contribution is 0.338. The van der Waals surface area contributed by atoms with Crippen LogP contribution in [0.25, 0.3) is 32.7 Å². The highest BCUT2D eigenvalue weighted by atomic mass is 32.2. The van der Waals surface area contributed by atoms with Crippen molar-refractivity contribution in [2.24, 2.45) is 0 Å². The van der Waals surface area contributed by atoms with Crippen molar-refractivity contribution in [3.8, 4) is 16.9 Å². The van der Waals surface area contributed by atoms with Crippen LogP contribution in [0.2, 0.25) is 19.6 Å². The quantitative estimate of drug-likeness (QED) is 0.226. The second-order valence-corrected chi connectivity index (χ2v) is 16.4. The van der Waals surface area contributed by atoms with Crippen molar-refractivity contribution in [3.05, 3.63) is 65.7 Å². The lowest BCUT2D eigenvalue weighted by Gasteiger charge is -2.23. The average Bonchev–Trinajstić information content (AvgIpc) is 2.76. The zero-order valence-electron chi connectivity index (χ0n) is 20.9. The van der Waals surface area contributed by atoms with Crippen LogP contribution in [0.3, 0.4) is 0 Å². The molecule has 0 radical (unpaired) electrons. The van der Waals surface area contributed by atoms with E-state index in [1.807, 2.05) is 44.2 Å². The van der Waals surface area contributed by atoms with Gasteiger partial charge in [0, 0.05) is 11.1 Å². The summed E-state index contributed by atoms with van der Waals surface area (Å²) in [5.74, 6) is 0.678. The maximum absolute atomic E-state index is 13.4. The molecule has 0 spiro atoms. The van der Waals surface area contributed by atoms with Gasteiger partial charge in [0.25, 0.3) is 10.1 Å². The number of fused-ring (bicyclic) bond motifs is 2. The Bertz CT molecular complexity index is 1520. The van der Waals surface area contributed by atoms with Gasteiger partial charge in [0.05, 0.1) is 21.8 Å². The first kappa shape index (κ1) is 24.5. The third-order valence-electron chi connectivity index (χ3n) is 6.31. The fraction of sp³-hybridized carbons (Fsp3) is 0.286. The Labute approximate surface area is 203 Å². The van der Waals surface area contributed by atoms with Crippen molar-refractivity contribution in [2.45, 2.75) is 45.3 Å². The van der Waals surface area contributed by atoms with Gasteiger partial charge in [0.2, 0.25) is 0 Å². The van der Waals surface area contributed by atoms with Gasteiger partial charge in [0.15, 0.2) is 0 Å². The zero-order valence-corrected chi connectivity index (χ0v) is 22.8. The largest absolute Gasteiger partial charge is 0.496 e. The van der Waals surface area contributed by atoms with Gasteiger partial charge in [-0.05, 0) is 59.5 Å². The molecule has 0 saturated heterocycles. The molecule has 0 N–H and O–H groups in total. The molecule has 34 heavy (non-hydrogen) atoms. The van der Waals surface area contributed by atoms with Crippen LogP contribution in [0.5, 0.6) is 5.75 Å². The van der Waals surface area contributed by atoms with Gasteiger partial charge in [-0.15, -0.1) is 0 Å². The first-order valence-corrected chi connectivity index (χ1v) is 16.4. The van der Waals surface area contributed by atoms with Crippen LogP contribution in [0, 0.1) is 13.8 Å². The van der Waals surface area contributed by atoms with Gasteiger partial charge in [-0.25, -0.2) is 0 Å². The van der Waals surface area contributed by atoms with Crippen LogP contribution in [0.1, 0.15) is 18.1 Å². The molecule has 0 heterocycles. The van der Waals surface area contributed by atoms with Crippen molar-refractivity contribution in [1.82, 2.24) is 0 Å². The third-order valence-corrected chi connectivity index (χ3v) is 9.92. The highest BCUT2D eigenvalue weighted by Gasteiger charge is 2.29. The number of aryl methyl sites for hydroxylation is 2. The molecule has 0 unspecified atom stereocenters. The molecule has 6 heteroatoms. The summed E-state index contributed by atoms with van der Waals surface area (Å²) in [6.45, 7) is 12.6. The summed E-state index contributed by atoms with van der Waals surface area (Å²) >= 11 is 0. The van der Waals surface area contributed by atoms with Crippen LogP contribution in [-0.4, -0.2) is 30.2 Å². The zero-order chi connectivity index (χ0) is 24.8. The van der Waals surface area contributed by atoms with Crippen LogP contribution in [0.15, 0.2) is 59.5 Å². The van der Waals surface area contributed by atoms with Crippen LogP contribution >= 0.6 is 0 Å². The van der Waals surface area contributed by atoms with Crippen molar-refractivity contribution in [2.75, 3.05) is 13.7 Å². The lowest BCUT2D eigenvalue weighted by atomic mass is 9.90. The molecule has 4 nitrogen and oxygen atoms in total. The van der Waals surface area contributed by atoms with E-state index >= 15 is 0 Å². The first-order valence-electron chi connectivity index (χ1n) is 11.5. The van der Waals surface area contributed by atoms with Crippen LogP contribution < -0.4 is 9.92 Å². The average molecular weight is 493 g/mol. The SMILES string of the molecule is CCOS(=O)(=O)c1c(C)cc2ccccc2c1-c1c(OC)c(C)cc2cc([Si](C)(C)C)ccc12. The van der Waals surface area contributed by atoms with Gasteiger partial charge in [-0.3, -0.25) is 4.18 Å².